The Bertz CT molecular complexity index is 324. The zero-order valence-electron chi connectivity index (χ0n) is 7.86. The zero-order chi connectivity index (χ0) is 10.9. The van der Waals surface area contributed by atoms with Gasteiger partial charge >= 0.3 is 54.0 Å². The van der Waals surface area contributed by atoms with E-state index in [0.29, 0.717) is 0 Å². The summed E-state index contributed by atoms with van der Waals surface area (Å²) in [6, 6.07) is 21.3. The Morgan fingerprint density at radius 2 is 1.27 bits per heavy atom. The van der Waals surface area contributed by atoms with E-state index in [-0.39, 0.29) is 25.5 Å². The van der Waals surface area contributed by atoms with Crippen LogP contribution in [0.4, 0.5) is 0 Å². The Kier molecular flexibility index (Phi) is 8.85. The summed E-state index contributed by atoms with van der Waals surface area (Å²) in [5, 5.41) is 0. The molecular weight excluding hydrogens is 548 g/mol. The molecule has 2 rings (SSSR count). The van der Waals surface area contributed by atoms with E-state index in [1.54, 1.807) is 0 Å². The van der Waals surface area contributed by atoms with Crippen LogP contribution in [-0.2, 0) is 0 Å². The van der Waals surface area contributed by atoms with Gasteiger partial charge in [0.15, 0.2) is 0 Å². The molecule has 0 nitrogen and oxygen atoms in total. The van der Waals surface area contributed by atoms with Crippen LogP contribution in [-0.4, -0.2) is 0 Å². The van der Waals surface area contributed by atoms with Crippen LogP contribution in [0.2, 0.25) is 0 Å². The zero-order valence-corrected chi connectivity index (χ0v) is 14.8. The van der Waals surface area contributed by atoms with Gasteiger partial charge in [-0.15, -0.1) is 5.56 Å². The van der Waals surface area contributed by atoms with Gasteiger partial charge in [0.1, 0.15) is 0 Å². The van der Waals surface area contributed by atoms with Crippen LogP contribution in [0.1, 0.15) is 0 Å². The Balaban J connectivity index is 0.000000337. The summed E-state index contributed by atoms with van der Waals surface area (Å²) in [7, 11) is 0. The first-order chi connectivity index (χ1) is 7.38. The fourth-order valence-corrected chi connectivity index (χ4v) is 1.21. The quantitative estimate of drug-likeness (QED) is 0.345. The van der Waals surface area contributed by atoms with Crippen molar-refractivity contribution in [2.45, 2.75) is 0 Å². The third-order valence-electron chi connectivity index (χ3n) is 1.83. The van der Waals surface area contributed by atoms with Crippen molar-refractivity contribution in [1.82, 2.24) is 0 Å². The molecule has 0 fully saturated rings. The summed E-state index contributed by atoms with van der Waals surface area (Å²) in [6.07, 6.45) is 0. The van der Waals surface area contributed by atoms with Gasteiger partial charge in [-0.3, -0.25) is 0 Å². The maximum Gasteiger partial charge on any atom is -0.0426 e. The van der Waals surface area contributed by atoms with Gasteiger partial charge in [0.05, 0.1) is 0 Å². The SMILES string of the molecule is [I][Sm][I].[c-]1ccc(-c2ccccc2)cc1. The van der Waals surface area contributed by atoms with E-state index in [9.17, 15) is 0 Å². The topological polar surface area (TPSA) is 0 Å². The monoisotopic (exact) mass is 559 g/mol. The molecule has 2 aromatic carbocycles. The summed E-state index contributed by atoms with van der Waals surface area (Å²) in [4.78, 5) is 0. The molecule has 0 amide bonds. The van der Waals surface area contributed by atoms with E-state index < -0.39 is 0 Å². The van der Waals surface area contributed by atoms with Crippen LogP contribution in [0.3, 0.4) is 0 Å². The first kappa shape index (κ1) is 14.3. The smallest absolute Gasteiger partial charge is 0.0426 e. The summed E-state index contributed by atoms with van der Waals surface area (Å²) in [5.41, 5.74) is 2.50. The normalized spacial score (nSPS) is 8.93. The second-order valence-electron chi connectivity index (χ2n) is 2.71. The average Bonchev–Trinajstić information content (AvgIpc) is 2.32. The Hall–Kier alpha value is 1.24. The molecular formula is C12H9I2Sm-. The van der Waals surface area contributed by atoms with Crippen LogP contribution in [0, 0.1) is 31.5 Å². The van der Waals surface area contributed by atoms with Crippen LogP contribution in [0.5, 0.6) is 0 Å². The Morgan fingerprint density at radius 1 is 0.800 bits per heavy atom. The van der Waals surface area contributed by atoms with Crippen molar-refractivity contribution in [3.63, 3.8) is 0 Å². The molecule has 2 aromatic rings. The van der Waals surface area contributed by atoms with E-state index in [2.05, 4.69) is 58.9 Å². The summed E-state index contributed by atoms with van der Waals surface area (Å²) in [5.74, 6) is 0. The van der Waals surface area contributed by atoms with E-state index in [4.69, 9.17) is 0 Å². The number of hydrogen-bond acceptors (Lipinski definition) is 0. The van der Waals surface area contributed by atoms with Crippen molar-refractivity contribution in [2.75, 3.05) is 0 Å². The fourth-order valence-electron chi connectivity index (χ4n) is 1.21. The van der Waals surface area contributed by atoms with Gasteiger partial charge in [-0.2, -0.15) is 30.3 Å². The molecule has 0 aromatic heterocycles. The van der Waals surface area contributed by atoms with Crippen molar-refractivity contribution in [2.24, 2.45) is 0 Å². The Morgan fingerprint density at radius 3 is 1.80 bits per heavy atom. The van der Waals surface area contributed by atoms with Crippen LogP contribution in [0.25, 0.3) is 11.1 Å². The van der Waals surface area contributed by atoms with E-state index in [1.807, 2.05) is 30.3 Å². The van der Waals surface area contributed by atoms with Gasteiger partial charge in [-0.05, 0) is 5.56 Å². The molecule has 0 heterocycles. The van der Waals surface area contributed by atoms with Crippen molar-refractivity contribution in [3.8, 4) is 11.1 Å². The number of hydrogen-bond donors (Lipinski definition) is 0. The van der Waals surface area contributed by atoms with Gasteiger partial charge in [-0.25, -0.2) is 0 Å². The molecule has 15 heavy (non-hydrogen) atoms. The van der Waals surface area contributed by atoms with Gasteiger partial charge in [0.25, 0.3) is 0 Å². The summed E-state index contributed by atoms with van der Waals surface area (Å²) in [6.45, 7) is 0. The van der Waals surface area contributed by atoms with Gasteiger partial charge in [0, 0.05) is 0 Å². The van der Waals surface area contributed by atoms with E-state index in [1.165, 1.54) is 11.1 Å². The summed E-state index contributed by atoms with van der Waals surface area (Å²) < 4.78 is 0. The molecule has 78 valence electrons. The van der Waals surface area contributed by atoms with E-state index in [0.717, 1.165) is 0 Å². The number of rotatable bonds is 1. The Labute approximate surface area is 123 Å². The average molecular weight is 557 g/mol. The predicted molar refractivity (Wildman–Crippen MR) is 78.8 cm³/mol. The molecule has 0 N–H and O–H groups in total. The third kappa shape index (κ3) is 5.92. The second-order valence-corrected chi connectivity index (χ2v) is 22.1. The van der Waals surface area contributed by atoms with Crippen LogP contribution >= 0.6 is 28.6 Å². The fraction of sp³-hybridized carbons (Fsp3) is 0. The molecule has 0 spiro atoms. The van der Waals surface area contributed by atoms with Crippen molar-refractivity contribution in [3.05, 3.63) is 60.7 Å². The minimum absolute atomic E-state index is 0.190. The largest absolute Gasteiger partial charge is 0.184 e. The van der Waals surface area contributed by atoms with Gasteiger partial charge < -0.3 is 0 Å². The van der Waals surface area contributed by atoms with Gasteiger partial charge in [0.2, 0.25) is 0 Å². The van der Waals surface area contributed by atoms with Crippen LogP contribution < -0.4 is 0 Å². The standard InChI is InChI=1S/C12H9.2HI.Sm/c1-3-7-11(8-4-1)12-9-5-2-6-10-12;;;/h1,3-10H;2*1H;/q-1;;;+2/p-2. The molecule has 0 saturated heterocycles. The first-order valence-electron chi connectivity index (χ1n) is 4.29. The molecule has 0 radical (unpaired) electrons. The predicted octanol–water partition coefficient (Wildman–Crippen LogP) is 4.93. The molecule has 0 aliphatic heterocycles. The molecule has 0 aliphatic rings. The number of halogens is 2. The molecule has 3 heteroatoms. The van der Waals surface area contributed by atoms with Crippen molar-refractivity contribution >= 4 is 28.6 Å². The van der Waals surface area contributed by atoms with E-state index >= 15 is 0 Å². The summed E-state index contributed by atoms with van der Waals surface area (Å²) >= 11 is 5.07. The molecule has 0 bridgehead atoms. The minimum atomic E-state index is 0.190. The van der Waals surface area contributed by atoms with Crippen molar-refractivity contribution < 1.29 is 25.5 Å². The van der Waals surface area contributed by atoms with Crippen molar-refractivity contribution in [1.29, 1.82) is 0 Å². The van der Waals surface area contributed by atoms with Gasteiger partial charge in [-0.1, -0.05) is 30.3 Å². The maximum absolute atomic E-state index is 3.00. The molecule has 0 aliphatic carbocycles. The van der Waals surface area contributed by atoms with Crippen LogP contribution in [0.15, 0.2) is 54.6 Å². The third-order valence-corrected chi connectivity index (χ3v) is 1.83. The minimum Gasteiger partial charge on any atom is -0.184 e. The molecule has 0 unspecified atom stereocenters. The second kappa shape index (κ2) is 9.29. The molecule has 0 saturated carbocycles. The molecule has 0 atom stereocenters. The number of benzene rings is 2. The maximum atomic E-state index is 3.00. The first-order valence-corrected chi connectivity index (χ1v) is 19.3.